The molecule has 4 aromatic rings. The number of nitrogens with zero attached hydrogens (tertiary/aromatic N) is 4. The van der Waals surface area contributed by atoms with Gasteiger partial charge in [-0.15, -0.1) is 0 Å². The third-order valence-electron chi connectivity index (χ3n) is 8.94. The van der Waals surface area contributed by atoms with Gasteiger partial charge in [-0.1, -0.05) is 36.9 Å². The van der Waals surface area contributed by atoms with E-state index in [0.29, 0.717) is 52.5 Å². The summed E-state index contributed by atoms with van der Waals surface area (Å²) in [4.78, 5) is 27.5. The van der Waals surface area contributed by atoms with Crippen LogP contribution in [0.25, 0.3) is 16.6 Å². The lowest BCUT2D eigenvalue weighted by molar-refractivity contribution is 0.0194. The molecule has 1 spiro atoms. The molecule has 0 bridgehead atoms. The molecule has 0 amide bonds. The Labute approximate surface area is 224 Å². The van der Waals surface area contributed by atoms with E-state index in [1.54, 1.807) is 12.3 Å². The number of rotatable bonds is 4. The summed E-state index contributed by atoms with van der Waals surface area (Å²) in [6, 6.07) is 12.1. The van der Waals surface area contributed by atoms with Crippen LogP contribution in [0.5, 0.6) is 0 Å². The Morgan fingerprint density at radius 3 is 2.72 bits per heavy atom. The molecular weight excluding hydrogens is 494 g/mol. The van der Waals surface area contributed by atoms with E-state index >= 15 is 0 Å². The molecule has 2 fully saturated rings. The monoisotopic (exact) mass is 525 g/mol. The Balaban J connectivity index is 1.11. The fourth-order valence-corrected chi connectivity index (χ4v) is 6.50. The van der Waals surface area contributed by atoms with Gasteiger partial charge in [0, 0.05) is 49.5 Å². The summed E-state index contributed by atoms with van der Waals surface area (Å²) in [6.45, 7) is 6.43. The summed E-state index contributed by atoms with van der Waals surface area (Å²) in [5.74, 6) is 0.533. The number of H-pyrrole nitrogens is 2. The van der Waals surface area contributed by atoms with E-state index in [9.17, 15) is 9.90 Å². The number of piperidine rings is 1. The van der Waals surface area contributed by atoms with Crippen LogP contribution in [0.15, 0.2) is 54.0 Å². The molecule has 7 rings (SSSR count). The van der Waals surface area contributed by atoms with Crippen molar-refractivity contribution in [3.8, 4) is 0 Å². The molecule has 10 heteroatoms. The molecule has 3 aliphatic rings. The van der Waals surface area contributed by atoms with Gasteiger partial charge in [-0.3, -0.25) is 19.9 Å². The maximum atomic E-state index is 13.3. The van der Waals surface area contributed by atoms with Crippen LogP contribution in [0.1, 0.15) is 53.4 Å². The lowest BCUT2D eigenvalue weighted by atomic mass is 9.73. The van der Waals surface area contributed by atoms with E-state index in [-0.39, 0.29) is 23.6 Å². The second kappa shape index (κ2) is 8.84. The van der Waals surface area contributed by atoms with Gasteiger partial charge in [-0.25, -0.2) is 0 Å². The standard InChI is InChI=1S/C29H31N7O3/c1-17(19-6-7-21(31-15-19)29(38)10-13-39-16-29)23-22-25(35-34-23)32-27(33-26(22)37)36-11-8-28(9-12-36)14-18-4-2-3-5-20(18)24(28)30/h2-7,15,24,38H,1,8-14,16,30H2,(H2,32,33,34,35,37)/t24-,29-/m1/s1. The third-order valence-corrected chi connectivity index (χ3v) is 8.94. The van der Waals surface area contributed by atoms with Crippen LogP contribution < -0.4 is 16.2 Å². The minimum absolute atomic E-state index is 0.0319. The van der Waals surface area contributed by atoms with Crippen molar-refractivity contribution in [2.24, 2.45) is 11.1 Å². The average Bonchev–Trinajstić information content (AvgIpc) is 3.66. The first-order chi connectivity index (χ1) is 18.9. The second-order valence-electron chi connectivity index (χ2n) is 11.1. The highest BCUT2D eigenvalue weighted by atomic mass is 16.5. The van der Waals surface area contributed by atoms with Gasteiger partial charge in [0.2, 0.25) is 5.95 Å². The van der Waals surface area contributed by atoms with Crippen molar-refractivity contribution in [1.29, 1.82) is 0 Å². The van der Waals surface area contributed by atoms with E-state index in [1.165, 1.54) is 11.1 Å². The minimum atomic E-state index is -1.07. The third kappa shape index (κ3) is 3.82. The number of hydrogen-bond acceptors (Lipinski definition) is 8. The summed E-state index contributed by atoms with van der Waals surface area (Å²) >= 11 is 0. The maximum absolute atomic E-state index is 13.3. The number of pyridine rings is 1. The zero-order valence-corrected chi connectivity index (χ0v) is 21.6. The smallest absolute Gasteiger partial charge is 0.264 e. The number of anilines is 1. The molecule has 5 heterocycles. The molecule has 0 saturated carbocycles. The highest BCUT2D eigenvalue weighted by molar-refractivity contribution is 5.92. The predicted octanol–water partition coefficient (Wildman–Crippen LogP) is 2.55. The molecule has 0 unspecified atom stereocenters. The summed E-state index contributed by atoms with van der Waals surface area (Å²) in [6.07, 6.45) is 5.00. The first-order valence-electron chi connectivity index (χ1n) is 13.4. The Hall–Kier alpha value is -3.86. The highest BCUT2D eigenvalue weighted by Crippen LogP contribution is 2.50. The Morgan fingerprint density at radius 1 is 1.18 bits per heavy atom. The highest BCUT2D eigenvalue weighted by Gasteiger charge is 2.46. The van der Waals surface area contributed by atoms with Crippen molar-refractivity contribution in [3.05, 3.63) is 87.6 Å². The molecule has 200 valence electrons. The summed E-state index contributed by atoms with van der Waals surface area (Å²) in [7, 11) is 0. The van der Waals surface area contributed by atoms with Gasteiger partial charge in [0.05, 0.1) is 12.3 Å². The predicted molar refractivity (Wildman–Crippen MR) is 147 cm³/mol. The molecule has 1 aromatic carbocycles. The van der Waals surface area contributed by atoms with Gasteiger partial charge >= 0.3 is 0 Å². The Morgan fingerprint density at radius 2 is 2.00 bits per heavy atom. The van der Waals surface area contributed by atoms with Gasteiger partial charge in [0.1, 0.15) is 16.7 Å². The van der Waals surface area contributed by atoms with Crippen molar-refractivity contribution in [2.75, 3.05) is 31.2 Å². The maximum Gasteiger partial charge on any atom is 0.264 e. The number of benzene rings is 1. The molecule has 1 aliphatic carbocycles. The average molecular weight is 526 g/mol. The Bertz CT molecular complexity index is 1630. The molecular formula is C29H31N7O3. The molecule has 10 nitrogen and oxygen atoms in total. The van der Waals surface area contributed by atoms with Gasteiger partial charge in [-0.05, 0) is 41.9 Å². The van der Waals surface area contributed by atoms with Gasteiger partial charge < -0.3 is 20.5 Å². The van der Waals surface area contributed by atoms with Crippen molar-refractivity contribution in [1.82, 2.24) is 25.1 Å². The SMILES string of the molecule is C=C(c1ccc([C@@]2(O)CCOC2)nc1)c1n[nH]c2nc(N3CCC4(CC3)Cc3ccccc3[C@H]4N)[nH]c(=O)c12. The number of nitrogens with two attached hydrogens (primary N) is 1. The fraction of sp³-hybridized carbons (Fsp3) is 0.379. The van der Waals surface area contributed by atoms with E-state index in [4.69, 9.17) is 15.5 Å². The zero-order chi connectivity index (χ0) is 26.8. The van der Waals surface area contributed by atoms with Crippen LogP contribution in [0.3, 0.4) is 0 Å². The van der Waals surface area contributed by atoms with Crippen LogP contribution in [0, 0.1) is 5.41 Å². The zero-order valence-electron chi connectivity index (χ0n) is 21.6. The van der Waals surface area contributed by atoms with Gasteiger partial charge in [0.15, 0.2) is 5.65 Å². The Kier molecular flexibility index (Phi) is 5.48. The number of aromatic nitrogens is 5. The van der Waals surface area contributed by atoms with E-state index in [0.717, 1.165) is 32.4 Å². The normalized spacial score (nSPS) is 23.9. The molecule has 2 saturated heterocycles. The quantitative estimate of drug-likeness (QED) is 0.318. The number of nitrogens with one attached hydrogen (secondary N) is 2. The van der Waals surface area contributed by atoms with Crippen molar-refractivity contribution in [2.45, 2.75) is 37.3 Å². The number of aliphatic hydroxyl groups is 1. The van der Waals surface area contributed by atoms with E-state index in [2.05, 4.69) is 55.9 Å². The molecule has 5 N–H and O–H groups in total. The molecule has 2 aliphatic heterocycles. The van der Waals surface area contributed by atoms with Crippen LogP contribution in [-0.4, -0.2) is 56.6 Å². The van der Waals surface area contributed by atoms with Crippen molar-refractivity contribution < 1.29 is 9.84 Å². The number of fused-ring (bicyclic) bond motifs is 2. The van der Waals surface area contributed by atoms with Crippen LogP contribution >= 0.6 is 0 Å². The van der Waals surface area contributed by atoms with Crippen molar-refractivity contribution in [3.63, 3.8) is 0 Å². The van der Waals surface area contributed by atoms with Gasteiger partial charge in [-0.2, -0.15) is 10.1 Å². The second-order valence-corrected chi connectivity index (χ2v) is 11.1. The van der Waals surface area contributed by atoms with Crippen LogP contribution in [-0.2, 0) is 16.8 Å². The van der Waals surface area contributed by atoms with E-state index < -0.39 is 5.60 Å². The summed E-state index contributed by atoms with van der Waals surface area (Å²) in [5.41, 5.74) is 10.7. The molecule has 0 radical (unpaired) electrons. The largest absolute Gasteiger partial charge is 0.381 e. The first kappa shape index (κ1) is 24.2. The van der Waals surface area contributed by atoms with Gasteiger partial charge in [0.25, 0.3) is 5.56 Å². The summed E-state index contributed by atoms with van der Waals surface area (Å²) < 4.78 is 5.33. The number of aromatic amines is 2. The lowest BCUT2D eigenvalue weighted by Crippen LogP contribution is -2.45. The topological polar surface area (TPSA) is 146 Å². The van der Waals surface area contributed by atoms with Crippen LogP contribution in [0.2, 0.25) is 0 Å². The number of hydrogen-bond donors (Lipinski definition) is 4. The summed E-state index contributed by atoms with van der Waals surface area (Å²) in [5, 5.41) is 18.4. The minimum Gasteiger partial charge on any atom is -0.381 e. The van der Waals surface area contributed by atoms with Crippen LogP contribution in [0.4, 0.5) is 5.95 Å². The molecule has 2 atom stereocenters. The molecule has 3 aromatic heterocycles. The molecule has 39 heavy (non-hydrogen) atoms. The lowest BCUT2D eigenvalue weighted by Gasteiger charge is -2.42. The first-order valence-corrected chi connectivity index (χ1v) is 13.4. The number of ether oxygens (including phenoxy) is 1. The van der Waals surface area contributed by atoms with E-state index in [1.807, 2.05) is 6.07 Å². The van der Waals surface area contributed by atoms with Crippen molar-refractivity contribution >= 4 is 22.6 Å². The fourth-order valence-electron chi connectivity index (χ4n) is 6.50.